The number of aromatic nitrogens is 2. The van der Waals surface area contributed by atoms with E-state index in [0.29, 0.717) is 45.6 Å². The van der Waals surface area contributed by atoms with Crippen LogP contribution in [0, 0.1) is 13.8 Å². The number of benzene rings is 1. The van der Waals surface area contributed by atoms with Gasteiger partial charge in [-0.2, -0.15) is 0 Å². The van der Waals surface area contributed by atoms with Crippen molar-refractivity contribution in [3.05, 3.63) is 77.5 Å². The molecule has 0 radical (unpaired) electrons. The summed E-state index contributed by atoms with van der Waals surface area (Å²) in [7, 11) is 0. The van der Waals surface area contributed by atoms with Gasteiger partial charge in [0.25, 0.3) is 11.8 Å². The fraction of sp³-hybridized carbons (Fsp3) is 0.233. The minimum Gasteiger partial charge on any atom is -0.439 e. The van der Waals surface area contributed by atoms with Crippen LogP contribution in [0.15, 0.2) is 66.3 Å². The van der Waals surface area contributed by atoms with E-state index in [9.17, 15) is 14.7 Å². The molecule has 1 aliphatic carbocycles. The maximum absolute atomic E-state index is 13.5. The van der Waals surface area contributed by atoms with E-state index in [0.717, 1.165) is 40.5 Å². The highest BCUT2D eigenvalue weighted by Crippen LogP contribution is 2.47. The van der Waals surface area contributed by atoms with Gasteiger partial charge in [-0.25, -0.2) is 15.0 Å². The smallest absolute Gasteiger partial charge is 0.269 e. The van der Waals surface area contributed by atoms with E-state index in [1.54, 1.807) is 17.2 Å². The molecule has 0 spiro atoms. The number of aliphatic hydroxyl groups excluding tert-OH is 1. The van der Waals surface area contributed by atoms with Crippen LogP contribution in [0.2, 0.25) is 0 Å². The molecular formula is C30H28N6O4S. The second-order valence-corrected chi connectivity index (χ2v) is 10.9. The van der Waals surface area contributed by atoms with Gasteiger partial charge in [-0.1, -0.05) is 12.6 Å². The molecule has 41 heavy (non-hydrogen) atoms. The molecule has 0 bridgehead atoms. The van der Waals surface area contributed by atoms with Crippen LogP contribution in [0.3, 0.4) is 0 Å². The third-order valence-electron chi connectivity index (χ3n) is 7.13. The van der Waals surface area contributed by atoms with Crippen LogP contribution in [0.25, 0.3) is 10.2 Å². The van der Waals surface area contributed by atoms with Crippen molar-refractivity contribution >= 4 is 56.1 Å². The van der Waals surface area contributed by atoms with Crippen molar-refractivity contribution in [3.8, 4) is 11.6 Å². The molecule has 4 aromatic rings. The molecule has 1 fully saturated rings. The summed E-state index contributed by atoms with van der Waals surface area (Å²) >= 11 is 1.25. The summed E-state index contributed by atoms with van der Waals surface area (Å²) in [6, 6.07) is 12.7. The monoisotopic (exact) mass is 568 g/mol. The number of hydrogen-bond acceptors (Lipinski definition) is 9. The molecule has 2 amide bonds. The number of thiophene rings is 1. The number of hydrogen-bond donors (Lipinski definition) is 3. The molecule has 208 valence electrons. The Hall–Kier alpha value is -4.61. The number of aryl methyl sites for hydroxylation is 2. The van der Waals surface area contributed by atoms with Crippen molar-refractivity contribution in [2.75, 3.05) is 10.2 Å². The number of nitrogens with one attached hydrogen (secondary N) is 2. The van der Waals surface area contributed by atoms with E-state index >= 15 is 0 Å². The Morgan fingerprint density at radius 2 is 2.10 bits per heavy atom. The van der Waals surface area contributed by atoms with Crippen molar-refractivity contribution in [1.29, 1.82) is 0 Å². The largest absolute Gasteiger partial charge is 0.439 e. The number of rotatable bonds is 6. The Kier molecular flexibility index (Phi) is 6.98. The van der Waals surface area contributed by atoms with Gasteiger partial charge in [-0.3, -0.25) is 14.5 Å². The standard InChI is InChI=1S/C30H28N6O4S/c1-4-23(37)33-19-8-6-9-20(19)34-28(38)27-26-25-22(13-14-31-29(25)41-27)36(30(39)35-26)21-12-11-18(15-16(21)2)40-24-10-5-7-17(3)32-24/h4-5,7,10-15,20,30,35,39H,1,6,8-9H2,2-3H3,(H,34,38)/t20-,30?/m1/s1. The highest BCUT2D eigenvalue weighted by molar-refractivity contribution is 7.21. The lowest BCUT2D eigenvalue weighted by Crippen LogP contribution is -2.41. The second kappa shape index (κ2) is 10.8. The summed E-state index contributed by atoms with van der Waals surface area (Å²) in [5.41, 5.74) is 4.40. The van der Waals surface area contributed by atoms with E-state index in [1.807, 2.05) is 50.2 Å². The van der Waals surface area contributed by atoms with Crippen molar-refractivity contribution in [2.45, 2.75) is 45.5 Å². The molecule has 1 unspecified atom stereocenters. The highest BCUT2D eigenvalue weighted by atomic mass is 32.1. The van der Waals surface area contributed by atoms with Crippen molar-refractivity contribution in [3.63, 3.8) is 0 Å². The van der Waals surface area contributed by atoms with Crippen molar-refractivity contribution in [1.82, 2.24) is 15.3 Å². The maximum atomic E-state index is 13.5. The number of nitrogens with zero attached hydrogens (tertiary/aromatic N) is 4. The summed E-state index contributed by atoms with van der Waals surface area (Å²) in [5.74, 6) is 0.405. The minimum absolute atomic E-state index is 0.310. The Morgan fingerprint density at radius 1 is 1.24 bits per heavy atom. The number of ether oxygens (including phenoxy) is 1. The molecule has 2 aliphatic rings. The zero-order chi connectivity index (χ0) is 28.7. The lowest BCUT2D eigenvalue weighted by Gasteiger charge is -2.36. The third-order valence-corrected chi connectivity index (χ3v) is 8.22. The van der Waals surface area contributed by atoms with E-state index in [4.69, 9.17) is 4.74 Å². The Morgan fingerprint density at radius 3 is 2.88 bits per heavy atom. The lowest BCUT2D eigenvalue weighted by atomic mass is 10.1. The van der Waals surface area contributed by atoms with Crippen LogP contribution in [-0.2, 0) is 4.79 Å². The summed E-state index contributed by atoms with van der Waals surface area (Å²) < 4.78 is 5.95. The molecular weight excluding hydrogens is 540 g/mol. The van der Waals surface area contributed by atoms with Crippen molar-refractivity contribution < 1.29 is 19.4 Å². The van der Waals surface area contributed by atoms with Gasteiger partial charge in [0, 0.05) is 29.4 Å². The predicted molar refractivity (Wildman–Crippen MR) is 159 cm³/mol. The quantitative estimate of drug-likeness (QED) is 0.265. The van der Waals surface area contributed by atoms with E-state index < -0.39 is 12.3 Å². The van der Waals surface area contributed by atoms with Crippen LogP contribution in [0.5, 0.6) is 11.6 Å². The number of amides is 2. The van der Waals surface area contributed by atoms with Gasteiger partial charge >= 0.3 is 0 Å². The third kappa shape index (κ3) is 5.05. The zero-order valence-corrected chi connectivity index (χ0v) is 23.4. The highest BCUT2D eigenvalue weighted by Gasteiger charge is 2.34. The average molecular weight is 569 g/mol. The topological polar surface area (TPSA) is 129 Å². The van der Waals surface area contributed by atoms with Crippen LogP contribution in [-0.4, -0.2) is 45.0 Å². The summed E-state index contributed by atoms with van der Waals surface area (Å²) in [6.07, 6.45) is 3.85. The number of aliphatic hydroxyl groups is 1. The Bertz CT molecular complexity index is 1730. The van der Waals surface area contributed by atoms with Gasteiger partial charge in [0.05, 0.1) is 22.8 Å². The van der Waals surface area contributed by atoms with Crippen molar-refractivity contribution in [2.24, 2.45) is 4.99 Å². The normalized spacial score (nSPS) is 18.8. The molecule has 11 heteroatoms. The molecule has 1 aliphatic heterocycles. The lowest BCUT2D eigenvalue weighted by molar-refractivity contribution is -0.113. The minimum atomic E-state index is -1.15. The molecule has 1 aromatic carbocycles. The second-order valence-electron chi connectivity index (χ2n) is 9.94. The van der Waals surface area contributed by atoms with Gasteiger partial charge in [-0.15, -0.1) is 11.3 Å². The van der Waals surface area contributed by atoms with Gasteiger partial charge < -0.3 is 20.5 Å². The Balaban J connectivity index is 1.31. The van der Waals surface area contributed by atoms with Crippen LogP contribution in [0.4, 0.5) is 17.1 Å². The predicted octanol–water partition coefficient (Wildman–Crippen LogP) is 5.38. The summed E-state index contributed by atoms with van der Waals surface area (Å²) in [6.45, 7) is 7.31. The molecule has 4 heterocycles. The number of carbonyl (C=O) groups excluding carboxylic acids is 2. The van der Waals surface area contributed by atoms with Gasteiger partial charge in [0.1, 0.15) is 15.5 Å². The molecule has 3 aromatic heterocycles. The number of pyridine rings is 2. The first-order valence-corrected chi connectivity index (χ1v) is 14.1. The molecule has 2 atom stereocenters. The summed E-state index contributed by atoms with van der Waals surface area (Å²) in [4.78, 5) is 41.1. The molecule has 1 saturated carbocycles. The molecule has 6 rings (SSSR count). The fourth-order valence-corrected chi connectivity index (χ4v) is 6.31. The van der Waals surface area contributed by atoms with E-state index in [1.165, 1.54) is 11.3 Å². The molecule has 0 saturated heterocycles. The van der Waals surface area contributed by atoms with Gasteiger partial charge in [0.15, 0.2) is 0 Å². The first-order chi connectivity index (χ1) is 19.8. The van der Waals surface area contributed by atoms with E-state index in [-0.39, 0.29) is 11.9 Å². The first kappa shape index (κ1) is 26.6. The number of anilines is 3. The van der Waals surface area contributed by atoms with Crippen LogP contribution >= 0.6 is 11.3 Å². The number of aliphatic imine (C=N–C) groups is 1. The fourth-order valence-electron chi connectivity index (χ4n) is 5.28. The first-order valence-electron chi connectivity index (χ1n) is 13.2. The van der Waals surface area contributed by atoms with Gasteiger partial charge in [-0.05, 0) is 75.1 Å². The Labute approximate surface area is 240 Å². The van der Waals surface area contributed by atoms with Crippen LogP contribution in [0.1, 0.15) is 40.2 Å². The average Bonchev–Trinajstić information content (AvgIpc) is 3.54. The summed E-state index contributed by atoms with van der Waals surface area (Å²) in [5, 5.41) is 18.2. The van der Waals surface area contributed by atoms with E-state index in [2.05, 4.69) is 32.2 Å². The van der Waals surface area contributed by atoms with Gasteiger partial charge in [0.2, 0.25) is 12.2 Å². The maximum Gasteiger partial charge on any atom is 0.269 e. The SMILES string of the molecule is C=CC(=O)N=C1CCC[C@H]1NC(=O)c1sc2nccc3c2c1NC(O)N3c1ccc(Oc2cccc(C)n2)cc1C. The molecule has 3 N–H and O–H groups in total. The molecule has 10 nitrogen and oxygen atoms in total. The number of carbonyl (C=O) groups is 2. The van der Waals surface area contributed by atoms with Crippen LogP contribution < -0.4 is 20.3 Å². The zero-order valence-electron chi connectivity index (χ0n) is 22.5.